The van der Waals surface area contributed by atoms with Crippen LogP contribution < -0.4 is 16.3 Å². The molecule has 2 fully saturated rings. The quantitative estimate of drug-likeness (QED) is 0.314. The molecule has 0 aliphatic carbocycles. The first-order valence-corrected chi connectivity index (χ1v) is 16.3. The first-order valence-electron chi connectivity index (χ1n) is 14.4. The van der Waals surface area contributed by atoms with Gasteiger partial charge in [0.1, 0.15) is 11.5 Å². The van der Waals surface area contributed by atoms with Crippen LogP contribution in [-0.2, 0) is 14.6 Å². The summed E-state index contributed by atoms with van der Waals surface area (Å²) < 4.78 is 43.5. The average Bonchev–Trinajstić information content (AvgIpc) is 2.98. The van der Waals surface area contributed by atoms with Crippen LogP contribution in [0.3, 0.4) is 0 Å². The number of carbonyl (C=O) groups excluding carboxylic acids is 1. The van der Waals surface area contributed by atoms with Crippen LogP contribution in [0.15, 0.2) is 65.1 Å². The van der Waals surface area contributed by atoms with E-state index in [1.54, 1.807) is 17.0 Å². The van der Waals surface area contributed by atoms with E-state index in [1.165, 1.54) is 41.2 Å². The van der Waals surface area contributed by atoms with Crippen LogP contribution in [-0.4, -0.2) is 95.7 Å². The summed E-state index contributed by atoms with van der Waals surface area (Å²) in [6.45, 7) is 7.72. The molecule has 1 atom stereocenters. The lowest BCUT2D eigenvalue weighted by atomic mass is 9.90. The summed E-state index contributed by atoms with van der Waals surface area (Å²) in [6, 6.07) is 7.37. The molecule has 1 amide bonds. The van der Waals surface area contributed by atoms with Crippen molar-refractivity contribution in [2.45, 2.75) is 23.8 Å². The van der Waals surface area contributed by atoms with Gasteiger partial charge in [-0.2, -0.15) is 4.98 Å². The zero-order valence-electron chi connectivity index (χ0n) is 25.1. The molecule has 2 N–H and O–H groups in total. The number of benzene rings is 1. The molecule has 2 aliphatic rings. The van der Waals surface area contributed by atoms with E-state index < -0.39 is 21.3 Å². The summed E-state index contributed by atoms with van der Waals surface area (Å²) in [7, 11) is -1.89. The minimum atomic E-state index is -3.84. The number of sulfone groups is 1. The van der Waals surface area contributed by atoms with Crippen molar-refractivity contribution in [3.8, 4) is 16.9 Å². The molecule has 12 nitrogen and oxygen atoms in total. The first-order chi connectivity index (χ1) is 21.4. The number of nitrogens with two attached hydrogens (primary N) is 1. The second-order valence-electron chi connectivity index (χ2n) is 11.6. The fourth-order valence-electron chi connectivity index (χ4n) is 6.22. The monoisotopic (exact) mass is 632 g/mol. The summed E-state index contributed by atoms with van der Waals surface area (Å²) in [5, 5.41) is 0.202. The van der Waals surface area contributed by atoms with Gasteiger partial charge < -0.3 is 20.4 Å². The Hall–Kier alpha value is -4.69. The molecule has 0 saturated carbocycles. The number of likely N-dealkylation sites (N-methyl/N-ethyl adjacent to an activating group) is 1. The Morgan fingerprint density at radius 3 is 2.56 bits per heavy atom. The molecule has 234 valence electrons. The van der Waals surface area contributed by atoms with Crippen LogP contribution in [0.25, 0.3) is 28.0 Å². The molecule has 0 spiro atoms. The summed E-state index contributed by atoms with van der Waals surface area (Å²) in [6.07, 6.45) is 5.18. The largest absolute Gasteiger partial charge is 0.398 e. The molecule has 2 aliphatic heterocycles. The van der Waals surface area contributed by atoms with Crippen molar-refractivity contribution in [3.63, 3.8) is 0 Å². The maximum absolute atomic E-state index is 16.0. The van der Waals surface area contributed by atoms with E-state index >= 15 is 4.39 Å². The maximum Gasteiger partial charge on any atom is 0.355 e. The van der Waals surface area contributed by atoms with Crippen molar-refractivity contribution >= 4 is 38.3 Å². The lowest BCUT2D eigenvalue weighted by Gasteiger charge is -2.40. The van der Waals surface area contributed by atoms with Gasteiger partial charge in [-0.15, -0.1) is 0 Å². The molecular weight excluding hydrogens is 599 g/mol. The van der Waals surface area contributed by atoms with Crippen LogP contribution in [0.5, 0.6) is 0 Å². The number of halogens is 1. The smallest absolute Gasteiger partial charge is 0.355 e. The predicted molar refractivity (Wildman–Crippen MR) is 170 cm³/mol. The van der Waals surface area contributed by atoms with E-state index in [9.17, 15) is 18.0 Å². The predicted octanol–water partition coefficient (Wildman–Crippen LogP) is 2.22. The van der Waals surface area contributed by atoms with Crippen molar-refractivity contribution in [2.24, 2.45) is 0 Å². The van der Waals surface area contributed by atoms with Crippen LogP contribution in [0.4, 0.5) is 15.9 Å². The Labute approximate surface area is 259 Å². The number of para-hydroxylation sites is 1. The van der Waals surface area contributed by atoms with E-state index in [0.29, 0.717) is 38.3 Å². The third-order valence-corrected chi connectivity index (χ3v) is 9.58. The van der Waals surface area contributed by atoms with Gasteiger partial charge in [-0.05, 0) is 43.8 Å². The molecule has 0 radical (unpaired) electrons. The van der Waals surface area contributed by atoms with Crippen molar-refractivity contribution in [2.75, 3.05) is 56.7 Å². The molecule has 0 bridgehead atoms. The van der Waals surface area contributed by atoms with Gasteiger partial charge >= 0.3 is 5.69 Å². The summed E-state index contributed by atoms with van der Waals surface area (Å²) in [5.41, 5.74) is 6.52. The third kappa shape index (κ3) is 5.33. The number of fused-ring (bicyclic) bond motifs is 1. The van der Waals surface area contributed by atoms with Gasteiger partial charge in [-0.3, -0.25) is 9.78 Å². The van der Waals surface area contributed by atoms with E-state index in [4.69, 9.17) is 5.73 Å². The van der Waals surface area contributed by atoms with Gasteiger partial charge in [-0.25, -0.2) is 27.2 Å². The number of hydrogen-bond acceptors (Lipinski definition) is 10. The number of carbonyl (C=O) groups is 1. The Morgan fingerprint density at radius 1 is 1.16 bits per heavy atom. The molecule has 45 heavy (non-hydrogen) atoms. The van der Waals surface area contributed by atoms with Gasteiger partial charge in [0, 0.05) is 74.6 Å². The molecule has 5 heterocycles. The number of likely N-dealkylation sites (tertiary alicyclic amines) is 1. The summed E-state index contributed by atoms with van der Waals surface area (Å²) in [4.78, 5) is 45.2. The fourth-order valence-corrected chi connectivity index (χ4v) is 7.11. The number of amides is 1. The van der Waals surface area contributed by atoms with Crippen LogP contribution >= 0.6 is 0 Å². The van der Waals surface area contributed by atoms with Crippen molar-refractivity contribution < 1.29 is 17.6 Å². The number of nitrogens with zero attached hydrogens (tertiary/aromatic N) is 7. The second kappa shape index (κ2) is 11.3. The first kappa shape index (κ1) is 30.3. The van der Waals surface area contributed by atoms with Crippen LogP contribution in [0.1, 0.15) is 18.4 Å². The highest BCUT2D eigenvalue weighted by atomic mass is 32.2. The lowest BCUT2D eigenvalue weighted by Crippen LogP contribution is -2.54. The van der Waals surface area contributed by atoms with E-state index in [-0.39, 0.29) is 62.2 Å². The van der Waals surface area contributed by atoms with Gasteiger partial charge in [0.15, 0.2) is 21.3 Å². The molecule has 1 aromatic carbocycles. The molecule has 6 rings (SSSR count). The molecule has 4 aromatic rings. The lowest BCUT2D eigenvalue weighted by molar-refractivity contribution is -0.126. The molecule has 2 saturated heterocycles. The zero-order chi connectivity index (χ0) is 32.2. The van der Waals surface area contributed by atoms with Crippen molar-refractivity contribution in [3.05, 3.63) is 77.2 Å². The Kier molecular flexibility index (Phi) is 7.65. The highest BCUT2D eigenvalue weighted by Crippen LogP contribution is 2.37. The molecule has 14 heteroatoms. The minimum absolute atomic E-state index is 0.0199. The number of nitrogen functional groups attached to an aromatic ring is 1. The zero-order valence-corrected chi connectivity index (χ0v) is 26.0. The molecule has 0 unspecified atom stereocenters. The van der Waals surface area contributed by atoms with E-state index in [0.717, 1.165) is 6.26 Å². The standard InChI is InChI=1S/C31H33FN8O4S/c1-5-26(41)38-11-12-39(18(2)15-38)29-21-13-23(32)27(22-14-34-10-9-24(22)33)35-30(21)40(31(42)36-29)28-20(19-16-37(3)17-19)7-6-8-25(28)45(4,43)44/h5-10,13-14,18-19H,1,11-12,15-17H2,2-4H3,(H2,33,34)/t18-/m0/s1. The van der Waals surface area contributed by atoms with Gasteiger partial charge in [0.25, 0.3) is 0 Å². The summed E-state index contributed by atoms with van der Waals surface area (Å²) in [5.74, 6) is -0.811. The number of piperazine rings is 1. The Bertz CT molecular complexity index is 2030. The van der Waals surface area contributed by atoms with Crippen molar-refractivity contribution in [1.29, 1.82) is 0 Å². The highest BCUT2D eigenvalue weighted by Gasteiger charge is 2.34. The van der Waals surface area contributed by atoms with E-state index in [2.05, 4.69) is 26.4 Å². The Balaban J connectivity index is 1.67. The van der Waals surface area contributed by atoms with Gasteiger partial charge in [0.05, 0.1) is 16.0 Å². The number of anilines is 2. The molecule has 3 aromatic heterocycles. The maximum atomic E-state index is 16.0. The number of aromatic nitrogens is 4. The average molecular weight is 633 g/mol. The topological polar surface area (TPSA) is 148 Å². The van der Waals surface area contributed by atoms with E-state index in [1.807, 2.05) is 18.9 Å². The van der Waals surface area contributed by atoms with Crippen molar-refractivity contribution in [1.82, 2.24) is 29.3 Å². The van der Waals surface area contributed by atoms with Crippen LogP contribution in [0.2, 0.25) is 0 Å². The van der Waals surface area contributed by atoms with Crippen LogP contribution in [0, 0.1) is 5.82 Å². The molecular formula is C31H33FN8O4S. The Morgan fingerprint density at radius 2 is 1.91 bits per heavy atom. The number of rotatable bonds is 6. The summed E-state index contributed by atoms with van der Waals surface area (Å²) >= 11 is 0. The second-order valence-corrected chi connectivity index (χ2v) is 13.6. The normalized spacial score (nSPS) is 17.8. The van der Waals surface area contributed by atoms with Gasteiger partial charge in [0.2, 0.25) is 5.91 Å². The number of pyridine rings is 2. The third-order valence-electron chi connectivity index (χ3n) is 8.45. The SMILES string of the molecule is C=CC(=O)N1CCN(c2nc(=O)n(-c3c(C4CN(C)C4)cccc3S(C)(=O)=O)c3nc(-c4cnccc4N)c(F)cc23)[C@@H](C)C1. The number of hydrogen-bond donors (Lipinski definition) is 1. The fraction of sp³-hybridized carbons (Fsp3) is 0.323. The van der Waals surface area contributed by atoms with Gasteiger partial charge in [-0.1, -0.05) is 18.7 Å². The highest BCUT2D eigenvalue weighted by molar-refractivity contribution is 7.90. The minimum Gasteiger partial charge on any atom is -0.398 e.